The van der Waals surface area contributed by atoms with Crippen LogP contribution in [0.1, 0.15) is 0 Å². The third kappa shape index (κ3) is 4.50. The summed E-state index contributed by atoms with van der Waals surface area (Å²) in [6.07, 6.45) is 0. The van der Waals surface area contributed by atoms with Gasteiger partial charge in [-0.05, 0) is 64.7 Å². The van der Waals surface area contributed by atoms with Crippen LogP contribution in [0.15, 0.2) is 170 Å². The number of aromatic nitrogens is 4. The van der Waals surface area contributed by atoms with Gasteiger partial charge >= 0.3 is 0 Å². The van der Waals surface area contributed by atoms with Crippen molar-refractivity contribution < 1.29 is 0 Å². The van der Waals surface area contributed by atoms with Crippen molar-refractivity contribution in [1.29, 1.82) is 0 Å². The van der Waals surface area contributed by atoms with Gasteiger partial charge in [-0.15, -0.1) is 11.3 Å². The summed E-state index contributed by atoms with van der Waals surface area (Å²) in [5.74, 6) is 1.94. The Bertz CT molecular complexity index is 3190. The van der Waals surface area contributed by atoms with Gasteiger partial charge in [-0.3, -0.25) is 0 Å². The van der Waals surface area contributed by atoms with Gasteiger partial charge < -0.3 is 4.57 Å². The highest BCUT2D eigenvalue weighted by atomic mass is 32.1. The number of benzene rings is 8. The van der Waals surface area contributed by atoms with Crippen LogP contribution in [0.3, 0.4) is 0 Å². The molecule has 3 aromatic heterocycles. The fourth-order valence-corrected chi connectivity index (χ4v) is 8.91. The summed E-state index contributed by atoms with van der Waals surface area (Å²) in [6.45, 7) is 0. The summed E-state index contributed by atoms with van der Waals surface area (Å²) in [6, 6.07) is 60.3. The highest BCUT2D eigenvalue weighted by Gasteiger charge is 2.19. The number of fused-ring (bicyclic) bond motifs is 9. The Balaban J connectivity index is 1.19. The van der Waals surface area contributed by atoms with Crippen molar-refractivity contribution in [3.63, 3.8) is 0 Å². The van der Waals surface area contributed by atoms with E-state index in [1.165, 1.54) is 47.2 Å². The molecule has 0 aliphatic heterocycles. The van der Waals surface area contributed by atoms with Crippen molar-refractivity contribution in [3.8, 4) is 39.9 Å². The van der Waals surface area contributed by atoms with E-state index in [2.05, 4.69) is 156 Å². The first kappa shape index (κ1) is 29.1. The van der Waals surface area contributed by atoms with E-state index < -0.39 is 0 Å². The topological polar surface area (TPSA) is 43.6 Å². The van der Waals surface area contributed by atoms with Gasteiger partial charge in [-0.1, -0.05) is 121 Å². The quantitative estimate of drug-likeness (QED) is 0.186. The molecular formula is C47H28N4S. The summed E-state index contributed by atoms with van der Waals surface area (Å²) in [5, 5.41) is 9.72. The predicted octanol–water partition coefficient (Wildman–Crippen LogP) is 12.6. The summed E-state index contributed by atoms with van der Waals surface area (Å²) in [5.41, 5.74) is 6.26. The largest absolute Gasteiger partial charge is 0.309 e. The summed E-state index contributed by atoms with van der Waals surface area (Å²) >= 11 is 1.81. The second-order valence-electron chi connectivity index (χ2n) is 13.2. The number of hydrogen-bond acceptors (Lipinski definition) is 4. The zero-order valence-electron chi connectivity index (χ0n) is 27.9. The van der Waals surface area contributed by atoms with Crippen LogP contribution in [0, 0.1) is 0 Å². The van der Waals surface area contributed by atoms with E-state index in [4.69, 9.17) is 15.0 Å². The van der Waals surface area contributed by atoms with E-state index >= 15 is 0 Å². The van der Waals surface area contributed by atoms with Crippen molar-refractivity contribution in [3.05, 3.63) is 170 Å². The van der Waals surface area contributed by atoms with Crippen LogP contribution in [0.25, 0.3) is 103 Å². The maximum Gasteiger partial charge on any atom is 0.164 e. The van der Waals surface area contributed by atoms with Crippen molar-refractivity contribution in [2.75, 3.05) is 0 Å². The molecule has 3 heterocycles. The normalized spacial score (nSPS) is 11.8. The van der Waals surface area contributed by atoms with Crippen LogP contribution in [0.5, 0.6) is 0 Å². The van der Waals surface area contributed by atoms with E-state index in [1.54, 1.807) is 0 Å². The minimum Gasteiger partial charge on any atom is -0.309 e. The summed E-state index contributed by atoms with van der Waals surface area (Å²) < 4.78 is 4.94. The van der Waals surface area contributed by atoms with Crippen LogP contribution >= 0.6 is 11.3 Å². The highest BCUT2D eigenvalue weighted by molar-refractivity contribution is 7.25. The Morgan fingerprint density at radius 2 is 1.00 bits per heavy atom. The zero-order chi connectivity index (χ0) is 34.2. The van der Waals surface area contributed by atoms with Crippen molar-refractivity contribution in [2.24, 2.45) is 0 Å². The van der Waals surface area contributed by atoms with Gasteiger partial charge in [0, 0.05) is 53.0 Å². The van der Waals surface area contributed by atoms with E-state index in [0.29, 0.717) is 17.5 Å². The molecule has 0 bridgehead atoms. The second-order valence-corrected chi connectivity index (χ2v) is 14.3. The molecule has 242 valence electrons. The Kier molecular flexibility index (Phi) is 6.39. The molecule has 0 N–H and O–H groups in total. The standard InChI is InChI=1S/C47H28N4S/c1-2-13-30(14-3-1)45-48-46(32-23-25-43-38(27-32)36-18-9-11-21-42(36)52-43)50-47(49-45)33-26-31-15-5-6-16-34(31)41(28-33)51-39-20-10-8-19-37(39)44-35-17-7-4-12-29(35)22-24-40(44)51/h1-28H. The molecule has 0 fully saturated rings. The molecule has 0 aliphatic rings. The number of rotatable bonds is 4. The Morgan fingerprint density at radius 1 is 0.365 bits per heavy atom. The van der Waals surface area contributed by atoms with Crippen LogP contribution in [0.2, 0.25) is 0 Å². The highest BCUT2D eigenvalue weighted by Crippen LogP contribution is 2.40. The van der Waals surface area contributed by atoms with E-state index in [0.717, 1.165) is 38.7 Å². The smallest absolute Gasteiger partial charge is 0.164 e. The summed E-state index contributed by atoms with van der Waals surface area (Å²) in [4.78, 5) is 15.5. The average molecular weight is 681 g/mol. The lowest BCUT2D eigenvalue weighted by atomic mass is 10.0. The molecule has 0 saturated carbocycles. The lowest BCUT2D eigenvalue weighted by Crippen LogP contribution is -2.02. The number of nitrogens with zero attached hydrogens (tertiary/aromatic N) is 4. The molecule has 0 spiro atoms. The van der Waals surface area contributed by atoms with Crippen LogP contribution < -0.4 is 0 Å². The molecule has 0 atom stereocenters. The first-order chi connectivity index (χ1) is 25.8. The van der Waals surface area contributed by atoms with E-state index in [-0.39, 0.29) is 0 Å². The molecular weight excluding hydrogens is 653 g/mol. The lowest BCUT2D eigenvalue weighted by molar-refractivity contribution is 1.07. The Morgan fingerprint density at radius 3 is 1.85 bits per heavy atom. The minimum atomic E-state index is 0.636. The third-order valence-electron chi connectivity index (χ3n) is 10.2. The third-order valence-corrected chi connectivity index (χ3v) is 11.4. The maximum absolute atomic E-state index is 5.24. The van der Waals surface area contributed by atoms with E-state index in [9.17, 15) is 0 Å². The number of thiophene rings is 1. The van der Waals surface area contributed by atoms with Crippen molar-refractivity contribution in [2.45, 2.75) is 0 Å². The Labute approximate surface area is 302 Å². The van der Waals surface area contributed by atoms with Crippen molar-refractivity contribution in [1.82, 2.24) is 19.5 Å². The molecule has 0 amide bonds. The lowest BCUT2D eigenvalue weighted by Gasteiger charge is -2.15. The maximum atomic E-state index is 5.24. The molecule has 8 aromatic carbocycles. The van der Waals surface area contributed by atoms with Gasteiger partial charge in [0.15, 0.2) is 17.5 Å². The van der Waals surface area contributed by atoms with Gasteiger partial charge in [-0.2, -0.15) is 0 Å². The molecule has 4 nitrogen and oxygen atoms in total. The van der Waals surface area contributed by atoms with Gasteiger partial charge in [-0.25, -0.2) is 15.0 Å². The predicted molar refractivity (Wildman–Crippen MR) is 218 cm³/mol. The zero-order valence-corrected chi connectivity index (χ0v) is 28.7. The average Bonchev–Trinajstić information content (AvgIpc) is 3.76. The molecule has 11 aromatic rings. The molecule has 11 rings (SSSR count). The van der Waals surface area contributed by atoms with Gasteiger partial charge in [0.1, 0.15) is 0 Å². The first-order valence-corrected chi connectivity index (χ1v) is 18.3. The minimum absolute atomic E-state index is 0.636. The molecule has 5 heteroatoms. The SMILES string of the molecule is c1ccc(-c2nc(-c3cc(-n4c5ccccc5c5c6ccccc6ccc54)c4ccccc4c3)nc(-c3ccc4sc5ccccc5c4c3)n2)cc1. The molecule has 0 radical (unpaired) electrons. The number of para-hydroxylation sites is 1. The second kappa shape index (κ2) is 11.4. The molecule has 52 heavy (non-hydrogen) atoms. The fourth-order valence-electron chi connectivity index (χ4n) is 7.82. The van der Waals surface area contributed by atoms with Crippen LogP contribution in [-0.2, 0) is 0 Å². The van der Waals surface area contributed by atoms with Crippen molar-refractivity contribution >= 4 is 74.9 Å². The number of hydrogen-bond donors (Lipinski definition) is 0. The van der Waals surface area contributed by atoms with Gasteiger partial charge in [0.05, 0.1) is 16.7 Å². The van der Waals surface area contributed by atoms with Gasteiger partial charge in [0.2, 0.25) is 0 Å². The monoisotopic (exact) mass is 680 g/mol. The van der Waals surface area contributed by atoms with Gasteiger partial charge in [0.25, 0.3) is 0 Å². The summed E-state index contributed by atoms with van der Waals surface area (Å²) in [7, 11) is 0. The molecule has 0 unspecified atom stereocenters. The van der Waals surface area contributed by atoms with E-state index in [1.807, 2.05) is 29.5 Å². The first-order valence-electron chi connectivity index (χ1n) is 17.4. The fraction of sp³-hybridized carbons (Fsp3) is 0. The van der Waals surface area contributed by atoms with Crippen LogP contribution in [0.4, 0.5) is 0 Å². The molecule has 0 saturated heterocycles. The van der Waals surface area contributed by atoms with Crippen LogP contribution in [-0.4, -0.2) is 19.5 Å². The Hall–Kier alpha value is -6.69. The molecule has 0 aliphatic carbocycles.